The van der Waals surface area contributed by atoms with E-state index in [9.17, 15) is 13.2 Å². The molecule has 12 heteroatoms. The normalized spacial score (nSPS) is 12.3. The Bertz CT molecular complexity index is 1860. The Balaban J connectivity index is 1.63. The molecule has 5 rings (SSSR count). The molecular formula is C27H24ClN7O3S. The van der Waals surface area contributed by atoms with Crippen LogP contribution in [0.4, 0.5) is 17.5 Å². The average molecular weight is 562 g/mol. The minimum Gasteiger partial charge on any atom is -0.368 e. The maximum absolute atomic E-state index is 13.7. The minimum atomic E-state index is -3.47. The van der Waals surface area contributed by atoms with Gasteiger partial charge in [-0.05, 0) is 48.9 Å². The fourth-order valence-corrected chi connectivity index (χ4v) is 5.08. The largest absolute Gasteiger partial charge is 0.368 e. The second kappa shape index (κ2) is 10.4. The zero-order chi connectivity index (χ0) is 27.7. The second-order valence-electron chi connectivity index (χ2n) is 8.89. The average Bonchev–Trinajstić information content (AvgIpc) is 2.88. The second-order valence-corrected chi connectivity index (χ2v) is 11.0. The summed E-state index contributed by atoms with van der Waals surface area (Å²) < 4.78 is 27.5. The zero-order valence-corrected chi connectivity index (χ0v) is 22.5. The Morgan fingerprint density at radius 3 is 2.49 bits per heavy atom. The summed E-state index contributed by atoms with van der Waals surface area (Å²) in [5.41, 5.74) is 8.33. The van der Waals surface area contributed by atoms with Crippen LogP contribution in [0.1, 0.15) is 18.8 Å². The number of nitrogens with two attached hydrogens (primary N) is 1. The molecule has 2 heterocycles. The fraction of sp³-hybridized carbons (Fsp3) is 0.111. The molecule has 0 aliphatic rings. The van der Waals surface area contributed by atoms with Gasteiger partial charge in [0, 0.05) is 17.4 Å². The van der Waals surface area contributed by atoms with E-state index < -0.39 is 16.1 Å². The fourth-order valence-electron chi connectivity index (χ4n) is 4.27. The van der Waals surface area contributed by atoms with Crippen LogP contribution in [0.3, 0.4) is 0 Å². The van der Waals surface area contributed by atoms with Crippen molar-refractivity contribution in [3.8, 4) is 16.8 Å². The number of benzene rings is 3. The molecule has 0 saturated heterocycles. The van der Waals surface area contributed by atoms with Gasteiger partial charge in [-0.3, -0.25) is 14.1 Å². The summed E-state index contributed by atoms with van der Waals surface area (Å²) in [6.07, 6.45) is 2.63. The summed E-state index contributed by atoms with van der Waals surface area (Å²) in [7, 11) is -3.47. The van der Waals surface area contributed by atoms with Crippen molar-refractivity contribution in [2.75, 3.05) is 22.0 Å². The van der Waals surface area contributed by atoms with E-state index in [1.807, 2.05) is 37.3 Å². The van der Waals surface area contributed by atoms with Gasteiger partial charge in [0.25, 0.3) is 5.56 Å². The first kappa shape index (κ1) is 26.1. The molecule has 2 aromatic heterocycles. The van der Waals surface area contributed by atoms with E-state index >= 15 is 0 Å². The van der Waals surface area contributed by atoms with Crippen molar-refractivity contribution >= 4 is 50.0 Å². The molecule has 0 radical (unpaired) electrons. The number of hydrogen-bond donors (Lipinski definition) is 3. The highest BCUT2D eigenvalue weighted by molar-refractivity contribution is 7.92. The van der Waals surface area contributed by atoms with Crippen LogP contribution in [-0.2, 0) is 10.0 Å². The number of sulfonamides is 1. The molecule has 0 aliphatic carbocycles. The van der Waals surface area contributed by atoms with Crippen LogP contribution < -0.4 is 21.3 Å². The number of nitrogens with zero attached hydrogens (tertiary/aromatic N) is 4. The third-order valence-corrected chi connectivity index (χ3v) is 6.83. The van der Waals surface area contributed by atoms with Crippen molar-refractivity contribution in [3.63, 3.8) is 0 Å². The highest BCUT2D eigenvalue weighted by atomic mass is 35.5. The summed E-state index contributed by atoms with van der Waals surface area (Å²) in [4.78, 5) is 27.1. The van der Waals surface area contributed by atoms with Gasteiger partial charge in [0.05, 0.1) is 33.9 Å². The molecule has 4 N–H and O–H groups in total. The summed E-state index contributed by atoms with van der Waals surface area (Å²) in [5, 5.41) is 3.96. The van der Waals surface area contributed by atoms with E-state index in [4.69, 9.17) is 22.3 Å². The lowest BCUT2D eigenvalue weighted by atomic mass is 10.1. The van der Waals surface area contributed by atoms with E-state index in [0.717, 1.165) is 6.26 Å². The topological polar surface area (TPSA) is 145 Å². The van der Waals surface area contributed by atoms with Crippen LogP contribution in [0.5, 0.6) is 0 Å². The molecule has 0 spiro atoms. The van der Waals surface area contributed by atoms with Gasteiger partial charge in [0.15, 0.2) is 0 Å². The number of halogens is 1. The molecule has 1 atom stereocenters. The third-order valence-electron chi connectivity index (χ3n) is 5.91. The van der Waals surface area contributed by atoms with E-state index in [2.05, 4.69) is 20.0 Å². The number of anilines is 3. The van der Waals surface area contributed by atoms with Crippen molar-refractivity contribution in [1.29, 1.82) is 0 Å². The molecule has 0 unspecified atom stereocenters. The molecule has 0 bridgehead atoms. The Kier molecular flexibility index (Phi) is 6.94. The maximum atomic E-state index is 13.7. The molecule has 0 amide bonds. The van der Waals surface area contributed by atoms with Crippen molar-refractivity contribution in [2.24, 2.45) is 0 Å². The van der Waals surface area contributed by atoms with Crippen LogP contribution in [0.15, 0.2) is 83.8 Å². The highest BCUT2D eigenvalue weighted by Gasteiger charge is 2.21. The maximum Gasteiger partial charge on any atom is 0.267 e. The monoisotopic (exact) mass is 561 g/mol. The number of nitrogens with one attached hydrogen (secondary N) is 2. The van der Waals surface area contributed by atoms with E-state index in [1.54, 1.807) is 48.7 Å². The highest BCUT2D eigenvalue weighted by Crippen LogP contribution is 2.31. The Morgan fingerprint density at radius 1 is 1.00 bits per heavy atom. The van der Waals surface area contributed by atoms with Gasteiger partial charge in [-0.25, -0.2) is 18.4 Å². The molecule has 198 valence electrons. The van der Waals surface area contributed by atoms with Gasteiger partial charge in [-0.1, -0.05) is 48.0 Å². The molecular weight excluding hydrogens is 538 g/mol. The predicted octanol–water partition coefficient (Wildman–Crippen LogP) is 4.62. The predicted molar refractivity (Wildman–Crippen MR) is 155 cm³/mol. The number of fused-ring (bicyclic) bond motifs is 1. The number of para-hydroxylation sites is 1. The van der Waals surface area contributed by atoms with Crippen LogP contribution in [0.2, 0.25) is 5.02 Å². The van der Waals surface area contributed by atoms with Crippen molar-refractivity contribution in [1.82, 2.24) is 19.5 Å². The van der Waals surface area contributed by atoms with Crippen LogP contribution in [0.25, 0.3) is 27.7 Å². The molecule has 0 fully saturated rings. The SMILES string of the molecule is C[C@@H](Nc1nc(N)ncc1-c1cccc(NS(C)(=O)=O)c1)c1nc2cccc(Cl)c2c(=O)n1-c1ccccc1. The van der Waals surface area contributed by atoms with Gasteiger partial charge < -0.3 is 11.1 Å². The number of rotatable bonds is 7. The smallest absolute Gasteiger partial charge is 0.267 e. The lowest BCUT2D eigenvalue weighted by molar-refractivity contribution is 0.607. The Morgan fingerprint density at radius 2 is 1.74 bits per heavy atom. The van der Waals surface area contributed by atoms with Crippen molar-refractivity contribution in [3.05, 3.63) is 100 Å². The van der Waals surface area contributed by atoms with Gasteiger partial charge in [-0.2, -0.15) is 4.98 Å². The molecule has 39 heavy (non-hydrogen) atoms. The Hall–Kier alpha value is -4.48. The van der Waals surface area contributed by atoms with Crippen LogP contribution in [0, 0.1) is 0 Å². The van der Waals surface area contributed by atoms with Crippen molar-refractivity contribution in [2.45, 2.75) is 13.0 Å². The lowest BCUT2D eigenvalue weighted by Crippen LogP contribution is -2.27. The molecule has 0 aliphatic heterocycles. The summed E-state index contributed by atoms with van der Waals surface area (Å²) >= 11 is 6.40. The first-order valence-corrected chi connectivity index (χ1v) is 14.1. The third kappa shape index (κ3) is 5.54. The summed E-state index contributed by atoms with van der Waals surface area (Å²) in [5.74, 6) is 0.848. The number of aromatic nitrogens is 4. The molecule has 5 aromatic rings. The van der Waals surface area contributed by atoms with Gasteiger partial charge in [0.2, 0.25) is 16.0 Å². The minimum absolute atomic E-state index is 0.0394. The van der Waals surface area contributed by atoms with Gasteiger partial charge in [0.1, 0.15) is 11.6 Å². The van der Waals surface area contributed by atoms with E-state index in [-0.39, 0.29) is 11.5 Å². The van der Waals surface area contributed by atoms with E-state index in [0.29, 0.717) is 50.1 Å². The van der Waals surface area contributed by atoms with Gasteiger partial charge in [-0.15, -0.1) is 0 Å². The molecule has 3 aromatic carbocycles. The Labute approximate surface area is 229 Å². The standard InChI is InChI=1S/C27H24ClN7O3S/c1-16(25-32-22-13-7-12-21(28)23(22)26(36)35(25)19-10-4-3-5-11-19)31-24-20(15-30-27(29)33-24)17-8-6-9-18(14-17)34-39(2,37)38/h3-16,34H,1-2H3,(H3,29,30,31,33)/t16-/m1/s1. The first-order chi connectivity index (χ1) is 18.6. The summed E-state index contributed by atoms with van der Waals surface area (Å²) in [6, 6.07) is 20.6. The molecule has 0 saturated carbocycles. The van der Waals surface area contributed by atoms with Crippen molar-refractivity contribution < 1.29 is 8.42 Å². The van der Waals surface area contributed by atoms with Crippen LogP contribution >= 0.6 is 11.6 Å². The quantitative estimate of drug-likeness (QED) is 0.261. The first-order valence-electron chi connectivity index (χ1n) is 11.8. The zero-order valence-electron chi connectivity index (χ0n) is 21.0. The van der Waals surface area contributed by atoms with Crippen LogP contribution in [-0.4, -0.2) is 34.2 Å². The lowest BCUT2D eigenvalue weighted by Gasteiger charge is -2.21. The summed E-state index contributed by atoms with van der Waals surface area (Å²) in [6.45, 7) is 1.85. The number of hydrogen-bond acceptors (Lipinski definition) is 8. The molecule has 10 nitrogen and oxygen atoms in total. The number of nitrogen functional groups attached to an aromatic ring is 1. The van der Waals surface area contributed by atoms with Gasteiger partial charge >= 0.3 is 0 Å². The van der Waals surface area contributed by atoms with E-state index in [1.165, 1.54) is 4.57 Å².